The zero-order valence-corrected chi connectivity index (χ0v) is 40.5. The van der Waals surface area contributed by atoms with Crippen LogP contribution in [0.3, 0.4) is 0 Å². The molecule has 4 heterocycles. The number of alkyl carbamates (subject to hydrolysis) is 2. The molecule has 4 amide bonds. The van der Waals surface area contributed by atoms with Gasteiger partial charge in [-0.15, -0.1) is 0 Å². The highest BCUT2D eigenvalue weighted by Gasteiger charge is 2.52. The Labute approximate surface area is 404 Å². The molecule has 4 atom stereocenters. The van der Waals surface area contributed by atoms with E-state index in [4.69, 9.17) is 9.47 Å². The average Bonchev–Trinajstić information content (AvgIpc) is 4.17. The summed E-state index contributed by atoms with van der Waals surface area (Å²) in [6.45, 7) is 5.35. The summed E-state index contributed by atoms with van der Waals surface area (Å²) in [6.07, 6.45) is 8.93. The SMILES string of the molecule is COC(=O)N[C@H](C(=O)N1CC(F)(F)C[C@H]1c1ncc(-c2ccc(-c3ccc(-c4cnc([C@@H]5CC(F)(F)CN5C(=O)[C@@H](NC(=O)OC)C(C)C)[nH]4)c4c3C3CCC4CC3)c3c2C2CCC3CC2)[nH]1)C(C)C. The normalized spacial score (nSPS) is 25.7. The molecule has 0 radical (unpaired) electrons. The zero-order chi connectivity index (χ0) is 49.6. The molecule has 0 spiro atoms. The van der Waals surface area contributed by atoms with Gasteiger partial charge in [0, 0.05) is 24.0 Å². The maximum Gasteiger partial charge on any atom is 0.407 e. The van der Waals surface area contributed by atoms with E-state index in [1.54, 1.807) is 40.1 Å². The molecule has 70 heavy (non-hydrogen) atoms. The van der Waals surface area contributed by atoms with Gasteiger partial charge in [-0.05, 0) is 120 Å². The number of methoxy groups -OCH3 is 2. The second-order valence-electron chi connectivity index (χ2n) is 21.2. The Morgan fingerprint density at radius 1 is 0.571 bits per heavy atom. The van der Waals surface area contributed by atoms with Gasteiger partial charge in [-0.25, -0.2) is 37.1 Å². The lowest BCUT2D eigenvalue weighted by Gasteiger charge is -2.43. The number of imidazole rings is 2. The molecule has 12 rings (SSSR count). The lowest BCUT2D eigenvalue weighted by Crippen LogP contribution is -2.51. The number of ether oxygens (including phenoxy) is 2. The lowest BCUT2D eigenvalue weighted by molar-refractivity contribution is -0.137. The molecule has 8 aliphatic rings. The summed E-state index contributed by atoms with van der Waals surface area (Å²) in [5.74, 6) is -6.59. The highest BCUT2D eigenvalue weighted by Crippen LogP contribution is 2.59. The van der Waals surface area contributed by atoms with Crippen LogP contribution in [-0.2, 0) is 19.1 Å². The van der Waals surface area contributed by atoms with Gasteiger partial charge < -0.3 is 39.9 Å². The number of rotatable bonds is 11. The van der Waals surface area contributed by atoms with E-state index in [0.29, 0.717) is 35.1 Å². The van der Waals surface area contributed by atoms with Gasteiger partial charge in [0.15, 0.2) is 0 Å². The molecule has 2 aromatic carbocycles. The number of hydrogen-bond acceptors (Lipinski definition) is 8. The van der Waals surface area contributed by atoms with Crippen LogP contribution in [-0.4, -0.2) is 105 Å². The highest BCUT2D eigenvalue weighted by atomic mass is 19.3. The number of fused-ring (bicyclic) bond motifs is 4. The second kappa shape index (κ2) is 18.0. The molecule has 2 aliphatic heterocycles. The molecule has 4 N–H and O–H groups in total. The number of halogens is 4. The first-order chi connectivity index (χ1) is 33.4. The van der Waals surface area contributed by atoms with Crippen LogP contribution in [0.2, 0.25) is 0 Å². The summed E-state index contributed by atoms with van der Waals surface area (Å²) < 4.78 is 70.5. The Morgan fingerprint density at radius 3 is 1.20 bits per heavy atom. The molecule has 2 saturated carbocycles. The summed E-state index contributed by atoms with van der Waals surface area (Å²) >= 11 is 0. The average molecular weight is 971 g/mol. The van der Waals surface area contributed by atoms with Gasteiger partial charge in [-0.2, -0.15) is 0 Å². The summed E-state index contributed by atoms with van der Waals surface area (Å²) in [5, 5.41) is 5.06. The summed E-state index contributed by atoms with van der Waals surface area (Å²) in [7, 11) is 2.37. The van der Waals surface area contributed by atoms with Crippen LogP contribution in [0.5, 0.6) is 0 Å². The van der Waals surface area contributed by atoms with Crippen molar-refractivity contribution in [3.05, 3.63) is 70.6 Å². The van der Waals surface area contributed by atoms with Gasteiger partial charge in [0.25, 0.3) is 11.8 Å². The Kier molecular flexibility index (Phi) is 12.3. The first-order valence-corrected chi connectivity index (χ1v) is 24.9. The fourth-order valence-electron chi connectivity index (χ4n) is 12.9. The Hall–Kier alpha value is -5.94. The monoisotopic (exact) mass is 970 g/mol. The molecule has 2 saturated heterocycles. The van der Waals surface area contributed by atoms with E-state index in [1.165, 1.54) is 47.6 Å². The number of nitrogens with zero attached hydrogens (tertiary/aromatic N) is 4. The number of alkyl halides is 4. The predicted molar refractivity (Wildman–Crippen MR) is 251 cm³/mol. The number of hydrogen-bond donors (Lipinski definition) is 4. The van der Waals surface area contributed by atoms with Gasteiger partial charge in [-0.1, -0.05) is 52.0 Å². The smallest absolute Gasteiger partial charge is 0.407 e. The lowest BCUT2D eigenvalue weighted by atomic mass is 9.61. The van der Waals surface area contributed by atoms with Crippen LogP contribution < -0.4 is 10.6 Å². The summed E-state index contributed by atoms with van der Waals surface area (Å²) in [4.78, 5) is 70.5. The third-order valence-electron chi connectivity index (χ3n) is 16.2. The van der Waals surface area contributed by atoms with Crippen molar-refractivity contribution in [3.63, 3.8) is 0 Å². The van der Waals surface area contributed by atoms with Crippen LogP contribution in [0.25, 0.3) is 33.6 Å². The van der Waals surface area contributed by atoms with Gasteiger partial charge in [0.2, 0.25) is 11.8 Å². The number of amides is 4. The van der Waals surface area contributed by atoms with Crippen molar-refractivity contribution in [1.82, 2.24) is 40.4 Å². The number of likely N-dealkylation sites (tertiary alicyclic amines) is 2. The van der Waals surface area contributed by atoms with E-state index >= 15 is 17.6 Å². The van der Waals surface area contributed by atoms with E-state index in [2.05, 4.69) is 54.8 Å². The van der Waals surface area contributed by atoms with Crippen LogP contribution in [0, 0.1) is 11.8 Å². The Morgan fingerprint density at radius 2 is 0.886 bits per heavy atom. The molecule has 14 nitrogen and oxygen atoms in total. The maximum atomic E-state index is 15.3. The fraction of sp³-hybridized carbons (Fsp3) is 0.577. The summed E-state index contributed by atoms with van der Waals surface area (Å²) in [5.41, 5.74) is 10.9. The molecule has 374 valence electrons. The molecular weight excluding hydrogens is 909 g/mol. The molecule has 18 heteroatoms. The first kappa shape index (κ1) is 47.7. The number of aromatic amines is 2. The number of nitrogens with one attached hydrogen (secondary N) is 4. The molecular formula is C52H62F4N8O6. The Balaban J connectivity index is 1.00. The van der Waals surface area contributed by atoms with Crippen LogP contribution in [0.1, 0.15) is 162 Å². The number of H-pyrrole nitrogens is 2. The van der Waals surface area contributed by atoms with Crippen molar-refractivity contribution in [2.45, 2.75) is 152 Å². The number of aromatic nitrogens is 4. The zero-order valence-electron chi connectivity index (χ0n) is 40.5. The standard InChI is InChI=1S/C52H62F4N8O6/c1-25(2)43(61-49(67)69-5)47(65)63-23-51(53,54)19-37(63)45-57-21-35(59-45)33-17-15-31(39-27-7-11-29(12-8-27)41(33)39)32-16-18-34(42-30-13-9-28(10-14-30)40(32)42)36-22-58-46(60-36)38-20-52(55,56)24-64(38)48(66)44(26(3)4)62-50(68)70-6/h15-18,21-22,25-30,37-38,43-44H,7-14,19-20,23-24H2,1-6H3,(H,57,59)(H,58,60)(H,61,67)(H,62,68)/t27?,28?,29?,30?,37-,38-,43-,44-/m0/s1. The van der Waals surface area contributed by atoms with E-state index in [-0.39, 0.29) is 11.6 Å². The van der Waals surface area contributed by atoms with Crippen molar-refractivity contribution in [2.24, 2.45) is 11.8 Å². The molecule has 4 aromatic rings. The Bertz CT molecular complexity index is 2520. The van der Waals surface area contributed by atoms with E-state index in [0.717, 1.165) is 72.3 Å². The van der Waals surface area contributed by atoms with Gasteiger partial charge >= 0.3 is 12.2 Å². The third-order valence-corrected chi connectivity index (χ3v) is 16.2. The van der Waals surface area contributed by atoms with E-state index in [9.17, 15) is 19.2 Å². The minimum atomic E-state index is -3.16. The molecule has 6 aliphatic carbocycles. The maximum absolute atomic E-state index is 15.3. The first-order valence-electron chi connectivity index (χ1n) is 24.9. The van der Waals surface area contributed by atoms with Crippen LogP contribution in [0.15, 0.2) is 36.7 Å². The van der Waals surface area contributed by atoms with Crippen molar-refractivity contribution in [2.75, 3.05) is 27.3 Å². The van der Waals surface area contributed by atoms with Gasteiger partial charge in [0.1, 0.15) is 23.7 Å². The molecule has 2 aromatic heterocycles. The third kappa shape index (κ3) is 8.39. The van der Waals surface area contributed by atoms with E-state index < -0.39 is 97.8 Å². The van der Waals surface area contributed by atoms with Gasteiger partial charge in [0.05, 0.1) is 63.2 Å². The highest BCUT2D eigenvalue weighted by molar-refractivity contribution is 5.88. The minimum absolute atomic E-state index is 0.263. The quantitative estimate of drug-likeness (QED) is 0.107. The number of carbonyl (C=O) groups is 4. The fourth-order valence-corrected chi connectivity index (χ4v) is 12.9. The molecule has 0 unspecified atom stereocenters. The van der Waals surface area contributed by atoms with Crippen LogP contribution >= 0.6 is 0 Å². The van der Waals surface area contributed by atoms with Crippen molar-refractivity contribution in [1.29, 1.82) is 0 Å². The van der Waals surface area contributed by atoms with Gasteiger partial charge in [-0.3, -0.25) is 9.59 Å². The van der Waals surface area contributed by atoms with Crippen molar-refractivity contribution < 1.29 is 46.2 Å². The molecule has 4 fully saturated rings. The second-order valence-corrected chi connectivity index (χ2v) is 21.2. The predicted octanol–water partition coefficient (Wildman–Crippen LogP) is 10.2. The van der Waals surface area contributed by atoms with Crippen molar-refractivity contribution >= 4 is 24.0 Å². The largest absolute Gasteiger partial charge is 0.453 e. The van der Waals surface area contributed by atoms with E-state index in [1.807, 2.05) is 0 Å². The number of carbonyl (C=O) groups excluding carboxylic acids is 4. The number of benzene rings is 2. The minimum Gasteiger partial charge on any atom is -0.453 e. The van der Waals surface area contributed by atoms with Crippen LogP contribution in [0.4, 0.5) is 27.2 Å². The summed E-state index contributed by atoms with van der Waals surface area (Å²) in [6, 6.07) is 4.45. The topological polar surface area (TPSA) is 175 Å². The van der Waals surface area contributed by atoms with Crippen molar-refractivity contribution in [3.8, 4) is 33.6 Å². The molecule has 4 bridgehead atoms.